The molecule has 1 nitrogen and oxygen atoms in total. The van der Waals surface area contributed by atoms with Gasteiger partial charge < -0.3 is 0 Å². The summed E-state index contributed by atoms with van der Waals surface area (Å²) in [6.07, 6.45) is 0.870. The van der Waals surface area contributed by atoms with E-state index in [9.17, 15) is 4.79 Å². The lowest BCUT2D eigenvalue weighted by atomic mass is 10.1. The highest BCUT2D eigenvalue weighted by Crippen LogP contribution is 2.02. The van der Waals surface area contributed by atoms with Crippen molar-refractivity contribution < 1.29 is 4.79 Å². The van der Waals surface area contributed by atoms with E-state index in [0.29, 0.717) is 0 Å². The third-order valence-corrected chi connectivity index (χ3v) is 1.32. The standard InChI is InChI=1S/C8H8O.C2H6.I2/c1-7-4-2-3-5-8(7)6-9;2*1-2/h2-6H,1H3;1-2H3;. The van der Waals surface area contributed by atoms with Crippen molar-refractivity contribution in [1.29, 1.82) is 0 Å². The molecule has 0 radical (unpaired) electrons. The number of carbonyl (C=O) groups is 1. The molecular formula is C10H14I2O. The molecule has 0 spiro atoms. The average molecular weight is 404 g/mol. The van der Waals surface area contributed by atoms with Crippen LogP contribution in [0, 0.1) is 6.92 Å². The van der Waals surface area contributed by atoms with E-state index in [1.807, 2.05) is 45.0 Å². The summed E-state index contributed by atoms with van der Waals surface area (Å²) in [5.74, 6) is 0. The molecule has 0 aliphatic rings. The van der Waals surface area contributed by atoms with Gasteiger partial charge in [0.05, 0.1) is 0 Å². The highest BCUT2D eigenvalue weighted by Gasteiger charge is 1.90. The van der Waals surface area contributed by atoms with E-state index in [1.165, 1.54) is 0 Å². The van der Waals surface area contributed by atoms with Gasteiger partial charge in [-0.05, 0) is 12.5 Å². The number of benzene rings is 1. The van der Waals surface area contributed by atoms with Gasteiger partial charge in [-0.25, -0.2) is 0 Å². The maximum atomic E-state index is 10.2. The zero-order chi connectivity index (χ0) is 10.7. The first-order chi connectivity index (χ1) is 6.34. The van der Waals surface area contributed by atoms with Crippen LogP contribution in [-0.4, -0.2) is 6.29 Å². The summed E-state index contributed by atoms with van der Waals surface area (Å²) in [5.41, 5.74) is 1.81. The van der Waals surface area contributed by atoms with Gasteiger partial charge in [0, 0.05) is 42.8 Å². The number of carbonyl (C=O) groups excluding carboxylic acids is 1. The third-order valence-electron chi connectivity index (χ3n) is 1.32. The summed E-state index contributed by atoms with van der Waals surface area (Å²) < 4.78 is 0. The summed E-state index contributed by atoms with van der Waals surface area (Å²) >= 11 is 4.24. The highest BCUT2D eigenvalue weighted by molar-refractivity contribution is 15.0. The summed E-state index contributed by atoms with van der Waals surface area (Å²) in [5, 5.41) is 0. The maximum absolute atomic E-state index is 10.2. The van der Waals surface area contributed by atoms with Crippen LogP contribution in [0.1, 0.15) is 29.8 Å². The van der Waals surface area contributed by atoms with E-state index in [-0.39, 0.29) is 0 Å². The number of aryl methyl sites for hydroxylation is 1. The Balaban J connectivity index is 0. The zero-order valence-corrected chi connectivity index (χ0v) is 12.4. The van der Waals surface area contributed by atoms with Crippen molar-refractivity contribution in [1.82, 2.24) is 0 Å². The van der Waals surface area contributed by atoms with Gasteiger partial charge in [0.15, 0.2) is 0 Å². The quantitative estimate of drug-likeness (QED) is 0.494. The first-order valence-electron chi connectivity index (χ1n) is 3.99. The van der Waals surface area contributed by atoms with Crippen LogP contribution in [-0.2, 0) is 0 Å². The van der Waals surface area contributed by atoms with Gasteiger partial charge in [0.1, 0.15) is 6.29 Å². The van der Waals surface area contributed by atoms with Crippen molar-refractivity contribution in [2.45, 2.75) is 20.8 Å². The number of aldehydes is 1. The molecule has 0 aliphatic carbocycles. The van der Waals surface area contributed by atoms with Crippen LogP contribution >= 0.6 is 37.2 Å². The molecule has 0 atom stereocenters. The molecule has 1 aromatic rings. The van der Waals surface area contributed by atoms with Gasteiger partial charge in [0.25, 0.3) is 0 Å². The Morgan fingerprint density at radius 1 is 1.15 bits per heavy atom. The molecule has 0 bridgehead atoms. The molecule has 3 heteroatoms. The van der Waals surface area contributed by atoms with E-state index < -0.39 is 0 Å². The normalized spacial score (nSPS) is 7.15. The molecule has 0 unspecified atom stereocenters. The van der Waals surface area contributed by atoms with Crippen LogP contribution in [0.25, 0.3) is 0 Å². The number of hydrogen-bond acceptors (Lipinski definition) is 1. The predicted molar refractivity (Wildman–Crippen MR) is 76.0 cm³/mol. The van der Waals surface area contributed by atoms with E-state index in [2.05, 4.69) is 37.2 Å². The van der Waals surface area contributed by atoms with Gasteiger partial charge >= 0.3 is 0 Å². The molecular weight excluding hydrogens is 390 g/mol. The minimum Gasteiger partial charge on any atom is -0.298 e. The Morgan fingerprint density at radius 2 is 1.62 bits per heavy atom. The van der Waals surface area contributed by atoms with Gasteiger partial charge in [0.2, 0.25) is 0 Å². The molecule has 0 amide bonds. The van der Waals surface area contributed by atoms with Crippen LogP contribution in [0.4, 0.5) is 0 Å². The first kappa shape index (κ1) is 15.8. The third kappa shape index (κ3) is 7.42. The number of rotatable bonds is 1. The molecule has 0 N–H and O–H groups in total. The van der Waals surface area contributed by atoms with Crippen molar-refractivity contribution in [2.24, 2.45) is 0 Å². The molecule has 0 fully saturated rings. The lowest BCUT2D eigenvalue weighted by Crippen LogP contribution is -1.82. The van der Waals surface area contributed by atoms with Crippen LogP contribution in [0.3, 0.4) is 0 Å². The second-order valence-electron chi connectivity index (χ2n) is 1.97. The summed E-state index contributed by atoms with van der Waals surface area (Å²) in [6, 6.07) is 7.51. The topological polar surface area (TPSA) is 17.1 Å². The van der Waals surface area contributed by atoms with Crippen LogP contribution < -0.4 is 0 Å². The monoisotopic (exact) mass is 404 g/mol. The fraction of sp³-hybridized carbons (Fsp3) is 0.300. The van der Waals surface area contributed by atoms with E-state index in [4.69, 9.17) is 0 Å². The predicted octanol–water partition coefficient (Wildman–Crippen LogP) is 4.61. The molecule has 1 aromatic carbocycles. The second kappa shape index (κ2) is 12.3. The van der Waals surface area contributed by atoms with Crippen LogP contribution in [0.15, 0.2) is 24.3 Å². The van der Waals surface area contributed by atoms with E-state index >= 15 is 0 Å². The molecule has 0 aliphatic heterocycles. The maximum Gasteiger partial charge on any atom is 0.150 e. The summed E-state index contributed by atoms with van der Waals surface area (Å²) in [7, 11) is 0. The Hall–Kier alpha value is 0.350. The SMILES string of the molecule is CC.Cc1ccccc1C=O.II. The van der Waals surface area contributed by atoms with Gasteiger partial charge in [-0.2, -0.15) is 0 Å². The zero-order valence-electron chi connectivity index (χ0n) is 8.05. The molecule has 74 valence electrons. The lowest BCUT2D eigenvalue weighted by molar-refractivity contribution is 0.112. The van der Waals surface area contributed by atoms with Crippen molar-refractivity contribution in [3.05, 3.63) is 35.4 Å². The molecule has 13 heavy (non-hydrogen) atoms. The smallest absolute Gasteiger partial charge is 0.150 e. The van der Waals surface area contributed by atoms with Crippen molar-refractivity contribution in [3.8, 4) is 0 Å². The van der Waals surface area contributed by atoms with E-state index in [1.54, 1.807) is 0 Å². The molecule has 0 heterocycles. The molecule has 0 aromatic heterocycles. The fourth-order valence-electron chi connectivity index (χ4n) is 0.719. The Morgan fingerprint density at radius 3 is 1.92 bits per heavy atom. The van der Waals surface area contributed by atoms with Crippen molar-refractivity contribution in [2.75, 3.05) is 0 Å². The molecule has 0 saturated carbocycles. The minimum absolute atomic E-state index is 0.775. The van der Waals surface area contributed by atoms with Gasteiger partial charge in [-0.1, -0.05) is 38.1 Å². The Labute approximate surface area is 104 Å². The molecule has 0 saturated heterocycles. The Bertz CT molecular complexity index is 224. The highest BCUT2D eigenvalue weighted by atomic mass is 128. The molecule has 1 rings (SSSR count). The second-order valence-corrected chi connectivity index (χ2v) is 1.97. The Kier molecular flexibility index (Phi) is 15.0. The lowest BCUT2D eigenvalue weighted by Gasteiger charge is -1.92. The average Bonchev–Trinajstić information content (AvgIpc) is 2.24. The fourth-order valence-corrected chi connectivity index (χ4v) is 0.719. The number of hydrogen-bond donors (Lipinski definition) is 0. The van der Waals surface area contributed by atoms with Gasteiger partial charge in [-0.3, -0.25) is 4.79 Å². The minimum atomic E-state index is 0.775. The van der Waals surface area contributed by atoms with Crippen LogP contribution in [0.5, 0.6) is 0 Å². The van der Waals surface area contributed by atoms with Gasteiger partial charge in [-0.15, -0.1) is 0 Å². The number of halogens is 2. The first-order valence-corrected chi connectivity index (χ1v) is 10.3. The largest absolute Gasteiger partial charge is 0.298 e. The van der Waals surface area contributed by atoms with Crippen molar-refractivity contribution in [3.63, 3.8) is 0 Å². The summed E-state index contributed by atoms with van der Waals surface area (Å²) in [4.78, 5) is 10.2. The summed E-state index contributed by atoms with van der Waals surface area (Å²) in [6.45, 7) is 5.92. The van der Waals surface area contributed by atoms with Crippen LogP contribution in [0.2, 0.25) is 0 Å². The van der Waals surface area contributed by atoms with Crippen molar-refractivity contribution >= 4 is 43.5 Å². The van der Waals surface area contributed by atoms with E-state index in [0.717, 1.165) is 17.4 Å².